The first-order valence-electron chi connectivity index (χ1n) is 8.12. The van der Waals surface area contributed by atoms with E-state index in [4.69, 9.17) is 0 Å². The summed E-state index contributed by atoms with van der Waals surface area (Å²) in [6.07, 6.45) is 0. The molecule has 27 heavy (non-hydrogen) atoms. The fourth-order valence-electron chi connectivity index (χ4n) is 2.72. The highest BCUT2D eigenvalue weighted by Gasteiger charge is 2.12. The Kier molecular flexibility index (Phi) is 6.87. The average Bonchev–Trinajstić information content (AvgIpc) is 2.96. The van der Waals surface area contributed by atoms with Crippen LogP contribution in [0.2, 0.25) is 0 Å². The molecule has 0 spiro atoms. The lowest BCUT2D eigenvalue weighted by atomic mass is 10.1. The Balaban J connectivity index is 0.00000261. The zero-order valence-electron chi connectivity index (χ0n) is 15.3. The van der Waals surface area contributed by atoms with Gasteiger partial charge in [-0.3, -0.25) is 0 Å². The van der Waals surface area contributed by atoms with Crippen molar-refractivity contribution in [3.05, 3.63) is 54.1 Å². The second-order valence-electron chi connectivity index (χ2n) is 6.22. The highest BCUT2D eigenvalue weighted by molar-refractivity contribution is 5.85. The van der Waals surface area contributed by atoms with Gasteiger partial charge in [-0.1, -0.05) is 18.2 Å². The van der Waals surface area contributed by atoms with E-state index in [-0.39, 0.29) is 18.2 Å². The second-order valence-corrected chi connectivity index (χ2v) is 6.22. The summed E-state index contributed by atoms with van der Waals surface area (Å²) < 4.78 is 30.6. The summed E-state index contributed by atoms with van der Waals surface area (Å²) in [5.41, 5.74) is 2.90. The third-order valence-electron chi connectivity index (χ3n) is 3.78. The summed E-state index contributed by atoms with van der Waals surface area (Å²) in [5.74, 6) is 1.38. The van der Waals surface area contributed by atoms with E-state index >= 15 is 0 Å². The number of nitrogens with zero attached hydrogens (tertiary/aromatic N) is 4. The third-order valence-corrected chi connectivity index (χ3v) is 3.78. The molecule has 0 aliphatic carbocycles. The molecule has 0 radical (unpaired) electrons. The standard InChI is InChI=1S/C19H20F2N4O.ClH/c1-24(2)12-13-5-4-6-15(11-13)18-22-17(23-25(18)3)14-7-9-16(10-8-14)26-19(20)21;/h4-11,19H,12H2,1-3H3;1H. The number of ether oxygens (including phenoxy) is 1. The molecule has 5 nitrogen and oxygen atoms in total. The Hall–Kier alpha value is -2.51. The number of aryl methyl sites for hydroxylation is 1. The highest BCUT2D eigenvalue weighted by Crippen LogP contribution is 2.25. The molecule has 3 aromatic rings. The lowest BCUT2D eigenvalue weighted by Gasteiger charge is -2.10. The lowest BCUT2D eigenvalue weighted by Crippen LogP contribution is -2.10. The van der Waals surface area contributed by atoms with Crippen LogP contribution in [0.15, 0.2) is 48.5 Å². The van der Waals surface area contributed by atoms with Gasteiger partial charge in [-0.2, -0.15) is 13.9 Å². The molecule has 0 amide bonds. The van der Waals surface area contributed by atoms with Crippen molar-refractivity contribution < 1.29 is 13.5 Å². The molecule has 1 heterocycles. The maximum atomic E-state index is 12.2. The maximum absolute atomic E-state index is 12.2. The van der Waals surface area contributed by atoms with Crippen molar-refractivity contribution in [2.45, 2.75) is 13.2 Å². The van der Waals surface area contributed by atoms with Gasteiger partial charge in [0.25, 0.3) is 0 Å². The number of halogens is 3. The molecule has 0 N–H and O–H groups in total. The molecule has 0 saturated carbocycles. The molecule has 0 atom stereocenters. The number of alkyl halides is 2. The third kappa shape index (κ3) is 5.24. The molecule has 8 heteroatoms. The molecule has 3 rings (SSSR count). The van der Waals surface area contributed by atoms with Gasteiger partial charge in [0.15, 0.2) is 11.6 Å². The van der Waals surface area contributed by atoms with Crippen LogP contribution in [0.3, 0.4) is 0 Å². The van der Waals surface area contributed by atoms with Crippen LogP contribution in [0.5, 0.6) is 5.75 Å². The topological polar surface area (TPSA) is 43.2 Å². The predicted molar refractivity (Wildman–Crippen MR) is 103 cm³/mol. The van der Waals surface area contributed by atoms with Gasteiger partial charge in [0.1, 0.15) is 5.75 Å². The molecule has 0 aliphatic rings. The van der Waals surface area contributed by atoms with Crippen molar-refractivity contribution in [1.82, 2.24) is 19.7 Å². The summed E-state index contributed by atoms with van der Waals surface area (Å²) in [6, 6.07) is 14.4. The van der Waals surface area contributed by atoms with Gasteiger partial charge in [-0.05, 0) is 50.0 Å². The summed E-state index contributed by atoms with van der Waals surface area (Å²) >= 11 is 0. The molecule has 2 aromatic carbocycles. The Bertz CT molecular complexity index is 882. The van der Waals surface area contributed by atoms with Gasteiger partial charge >= 0.3 is 6.61 Å². The van der Waals surface area contributed by atoms with Crippen LogP contribution in [0.4, 0.5) is 8.78 Å². The Morgan fingerprint density at radius 3 is 2.41 bits per heavy atom. The normalized spacial score (nSPS) is 10.9. The van der Waals surface area contributed by atoms with E-state index in [1.54, 1.807) is 16.8 Å². The first-order valence-corrected chi connectivity index (χ1v) is 8.12. The monoisotopic (exact) mass is 394 g/mol. The molecule has 0 aliphatic heterocycles. The number of rotatable bonds is 6. The largest absolute Gasteiger partial charge is 0.435 e. The minimum absolute atomic E-state index is 0. The van der Waals surface area contributed by atoms with Crippen LogP contribution in [0.1, 0.15) is 5.56 Å². The SMILES string of the molecule is CN(C)Cc1cccc(-c2nc(-c3ccc(OC(F)F)cc3)nn2C)c1.Cl. The molecule has 0 unspecified atom stereocenters. The zero-order valence-corrected chi connectivity index (χ0v) is 16.1. The molecular weight excluding hydrogens is 374 g/mol. The van der Waals surface area contributed by atoms with Gasteiger partial charge in [0, 0.05) is 24.7 Å². The van der Waals surface area contributed by atoms with Gasteiger partial charge < -0.3 is 9.64 Å². The van der Waals surface area contributed by atoms with Gasteiger partial charge in [0.2, 0.25) is 0 Å². The Morgan fingerprint density at radius 2 is 1.78 bits per heavy atom. The Labute approximate surface area is 163 Å². The Morgan fingerprint density at radius 1 is 1.07 bits per heavy atom. The first kappa shape index (κ1) is 20.8. The predicted octanol–water partition coefficient (Wildman–Crippen LogP) is 4.23. The van der Waals surface area contributed by atoms with Crippen molar-refractivity contribution in [1.29, 1.82) is 0 Å². The highest BCUT2D eigenvalue weighted by atomic mass is 35.5. The molecule has 144 valence electrons. The molecular formula is C19H21ClF2N4O. The van der Waals surface area contributed by atoms with E-state index in [2.05, 4.69) is 31.9 Å². The summed E-state index contributed by atoms with van der Waals surface area (Å²) in [7, 11) is 5.88. The van der Waals surface area contributed by atoms with Crippen LogP contribution in [-0.4, -0.2) is 40.4 Å². The fraction of sp³-hybridized carbons (Fsp3) is 0.263. The van der Waals surface area contributed by atoms with E-state index in [0.717, 1.165) is 23.5 Å². The van der Waals surface area contributed by atoms with Crippen LogP contribution < -0.4 is 4.74 Å². The van der Waals surface area contributed by atoms with Crippen molar-refractivity contribution in [3.63, 3.8) is 0 Å². The van der Waals surface area contributed by atoms with Crippen molar-refractivity contribution >= 4 is 12.4 Å². The summed E-state index contributed by atoms with van der Waals surface area (Å²) in [6.45, 7) is -2.00. The lowest BCUT2D eigenvalue weighted by molar-refractivity contribution is -0.0498. The summed E-state index contributed by atoms with van der Waals surface area (Å²) in [4.78, 5) is 6.71. The van der Waals surface area contributed by atoms with E-state index < -0.39 is 6.61 Å². The fourth-order valence-corrected chi connectivity index (χ4v) is 2.72. The van der Waals surface area contributed by atoms with E-state index in [1.807, 2.05) is 33.3 Å². The van der Waals surface area contributed by atoms with Crippen LogP contribution in [-0.2, 0) is 13.6 Å². The van der Waals surface area contributed by atoms with Crippen molar-refractivity contribution in [2.75, 3.05) is 14.1 Å². The van der Waals surface area contributed by atoms with Gasteiger partial charge in [-0.15, -0.1) is 12.4 Å². The van der Waals surface area contributed by atoms with Crippen molar-refractivity contribution in [2.24, 2.45) is 7.05 Å². The number of benzene rings is 2. The van der Waals surface area contributed by atoms with Crippen LogP contribution in [0.25, 0.3) is 22.8 Å². The molecule has 0 saturated heterocycles. The molecule has 0 fully saturated rings. The van der Waals surface area contributed by atoms with Crippen molar-refractivity contribution in [3.8, 4) is 28.5 Å². The second kappa shape index (κ2) is 8.92. The van der Waals surface area contributed by atoms with E-state index in [9.17, 15) is 8.78 Å². The van der Waals surface area contributed by atoms with Gasteiger partial charge in [0.05, 0.1) is 0 Å². The number of aromatic nitrogens is 3. The van der Waals surface area contributed by atoms with E-state index in [1.165, 1.54) is 17.7 Å². The summed E-state index contributed by atoms with van der Waals surface area (Å²) in [5, 5.41) is 4.44. The minimum Gasteiger partial charge on any atom is -0.435 e. The maximum Gasteiger partial charge on any atom is 0.387 e. The van der Waals surface area contributed by atoms with Crippen LogP contribution in [0, 0.1) is 0 Å². The minimum atomic E-state index is -2.84. The average molecular weight is 395 g/mol. The van der Waals surface area contributed by atoms with Crippen LogP contribution >= 0.6 is 12.4 Å². The zero-order chi connectivity index (χ0) is 18.7. The molecule has 0 bridgehead atoms. The molecule has 1 aromatic heterocycles. The quantitative estimate of drug-likeness (QED) is 0.627. The first-order chi connectivity index (χ1) is 12.4. The number of hydrogen-bond acceptors (Lipinski definition) is 4. The number of hydrogen-bond donors (Lipinski definition) is 0. The van der Waals surface area contributed by atoms with E-state index in [0.29, 0.717) is 5.82 Å². The van der Waals surface area contributed by atoms with Gasteiger partial charge in [-0.25, -0.2) is 9.67 Å². The smallest absolute Gasteiger partial charge is 0.387 e.